The standard InChI is InChI=1S/C36H32N3O.Pt/c1-23-18-24(2)20-28(19-23)39-32-14-9-13-29(34(32)38-35(39)30-12-6-7-15-33(30)40)25-10-8-11-26(21-25)31-22-27(16-17-37-31)36(3,4)5;/h6-20,22,40H,1-5H3;/q-1;. The summed E-state index contributed by atoms with van der Waals surface area (Å²) in [4.78, 5) is 9.84. The average molecular weight is 718 g/mol. The average Bonchev–Trinajstić information content (AvgIpc) is 3.32. The Kier molecular flexibility index (Phi) is 7.72. The number of phenols is 1. The van der Waals surface area contributed by atoms with Gasteiger partial charge < -0.3 is 5.11 Å². The maximum absolute atomic E-state index is 10.8. The Morgan fingerprint density at radius 3 is 2.17 bits per heavy atom. The molecule has 5 heteroatoms. The molecule has 0 aliphatic carbocycles. The van der Waals surface area contributed by atoms with Gasteiger partial charge in [-0.25, -0.2) is 4.98 Å². The van der Waals surface area contributed by atoms with Crippen LogP contribution in [-0.2, 0) is 26.5 Å². The number of hydrogen-bond acceptors (Lipinski definition) is 3. The van der Waals surface area contributed by atoms with E-state index in [0.717, 1.165) is 39.1 Å². The van der Waals surface area contributed by atoms with Crippen molar-refractivity contribution in [2.45, 2.75) is 40.0 Å². The Morgan fingerprint density at radius 2 is 1.44 bits per heavy atom. The molecule has 0 atom stereocenters. The van der Waals surface area contributed by atoms with Crippen LogP contribution < -0.4 is 0 Å². The first-order valence-corrected chi connectivity index (χ1v) is 13.6. The van der Waals surface area contributed by atoms with Crippen molar-refractivity contribution in [3.8, 4) is 45.2 Å². The van der Waals surface area contributed by atoms with Crippen molar-refractivity contribution in [2.24, 2.45) is 0 Å². The van der Waals surface area contributed by atoms with Gasteiger partial charge in [-0.2, -0.15) is 0 Å². The zero-order chi connectivity index (χ0) is 28.0. The Morgan fingerprint density at radius 1 is 0.756 bits per heavy atom. The summed E-state index contributed by atoms with van der Waals surface area (Å²) in [5.74, 6) is 0.893. The van der Waals surface area contributed by atoms with Gasteiger partial charge in [0, 0.05) is 38.6 Å². The Bertz CT molecular complexity index is 1860. The molecule has 208 valence electrons. The number of hydrogen-bond donors (Lipinski definition) is 1. The van der Waals surface area contributed by atoms with E-state index in [0.29, 0.717) is 11.4 Å². The molecule has 0 unspecified atom stereocenters. The van der Waals surface area contributed by atoms with Crippen LogP contribution in [0.15, 0.2) is 97.2 Å². The van der Waals surface area contributed by atoms with Gasteiger partial charge >= 0.3 is 0 Å². The third kappa shape index (κ3) is 5.49. The van der Waals surface area contributed by atoms with Gasteiger partial charge in [0.25, 0.3) is 0 Å². The first kappa shape index (κ1) is 28.5. The maximum Gasteiger partial charge on any atom is 0.148 e. The first-order chi connectivity index (χ1) is 19.2. The molecule has 0 radical (unpaired) electrons. The SMILES string of the molecule is Cc1cc(C)cc(-n2c(-c3ccccc3O)nc3c(-c4[c-]c(-c5cc(C(C)(C)C)ccn5)ccc4)cccc32)c1.[Pt]. The van der Waals surface area contributed by atoms with Crippen LogP contribution in [0, 0.1) is 19.9 Å². The molecule has 0 amide bonds. The quantitative estimate of drug-likeness (QED) is 0.186. The Labute approximate surface area is 256 Å². The molecule has 0 spiro atoms. The minimum absolute atomic E-state index is 0. The van der Waals surface area contributed by atoms with Crippen molar-refractivity contribution < 1.29 is 26.2 Å². The minimum Gasteiger partial charge on any atom is -0.507 e. The Balaban J connectivity index is 0.00000337. The molecule has 2 heterocycles. The third-order valence-corrected chi connectivity index (χ3v) is 7.28. The maximum atomic E-state index is 10.8. The van der Waals surface area contributed by atoms with Crippen molar-refractivity contribution in [1.82, 2.24) is 14.5 Å². The van der Waals surface area contributed by atoms with Gasteiger partial charge in [-0.05, 0) is 72.4 Å². The number of imidazole rings is 1. The molecule has 2 aromatic heterocycles. The molecule has 0 aliphatic heterocycles. The fourth-order valence-electron chi connectivity index (χ4n) is 5.32. The van der Waals surface area contributed by atoms with Crippen molar-refractivity contribution in [2.75, 3.05) is 0 Å². The molecule has 0 saturated heterocycles. The van der Waals surface area contributed by atoms with Crippen LogP contribution in [0.2, 0.25) is 0 Å². The number of benzene rings is 4. The summed E-state index contributed by atoms with van der Waals surface area (Å²) in [6.07, 6.45) is 1.88. The van der Waals surface area contributed by atoms with Crippen molar-refractivity contribution in [3.63, 3.8) is 0 Å². The molecule has 6 aromatic rings. The summed E-state index contributed by atoms with van der Waals surface area (Å²) < 4.78 is 2.14. The van der Waals surface area contributed by atoms with E-state index in [4.69, 9.17) is 4.98 Å². The van der Waals surface area contributed by atoms with Gasteiger partial charge in [-0.1, -0.05) is 68.3 Å². The number of phenolic OH excluding ortho intramolecular Hbond substituents is 1. The smallest absolute Gasteiger partial charge is 0.148 e. The fraction of sp³-hybridized carbons (Fsp3) is 0.167. The van der Waals surface area contributed by atoms with Crippen LogP contribution >= 0.6 is 0 Å². The van der Waals surface area contributed by atoms with Gasteiger partial charge in [0.2, 0.25) is 0 Å². The van der Waals surface area contributed by atoms with E-state index >= 15 is 0 Å². The normalized spacial score (nSPS) is 11.4. The second-order valence-electron chi connectivity index (χ2n) is 11.5. The molecule has 0 fully saturated rings. The van der Waals surface area contributed by atoms with E-state index in [1.165, 1.54) is 16.7 Å². The zero-order valence-electron chi connectivity index (χ0n) is 23.8. The number of rotatable bonds is 4. The van der Waals surface area contributed by atoms with Crippen LogP contribution in [0.25, 0.3) is 50.5 Å². The molecule has 0 aliphatic rings. The predicted molar refractivity (Wildman–Crippen MR) is 164 cm³/mol. The summed E-state index contributed by atoms with van der Waals surface area (Å²) in [5, 5.41) is 10.8. The van der Waals surface area contributed by atoms with E-state index in [9.17, 15) is 5.11 Å². The number of nitrogens with zero attached hydrogens (tertiary/aromatic N) is 3. The summed E-state index contributed by atoms with van der Waals surface area (Å²) in [6, 6.07) is 34.1. The molecule has 4 nitrogen and oxygen atoms in total. The number of aromatic nitrogens is 3. The molecular weight excluding hydrogens is 685 g/mol. The summed E-state index contributed by atoms with van der Waals surface area (Å²) in [7, 11) is 0. The van der Waals surface area contributed by atoms with Crippen molar-refractivity contribution >= 4 is 11.0 Å². The summed E-state index contributed by atoms with van der Waals surface area (Å²) in [6.45, 7) is 10.8. The van der Waals surface area contributed by atoms with E-state index in [1.807, 2.05) is 24.4 Å². The molecule has 1 N–H and O–H groups in total. The van der Waals surface area contributed by atoms with Crippen LogP contribution in [0.1, 0.15) is 37.5 Å². The molecule has 41 heavy (non-hydrogen) atoms. The van der Waals surface area contributed by atoms with Crippen molar-refractivity contribution in [3.05, 3.63) is 120 Å². The molecule has 4 aromatic carbocycles. The van der Waals surface area contributed by atoms with Crippen LogP contribution in [0.4, 0.5) is 0 Å². The number of aryl methyl sites for hydroxylation is 2. The summed E-state index contributed by atoms with van der Waals surface area (Å²) >= 11 is 0. The predicted octanol–water partition coefficient (Wildman–Crippen LogP) is 8.84. The third-order valence-electron chi connectivity index (χ3n) is 7.28. The van der Waals surface area contributed by atoms with Gasteiger partial charge in [0.15, 0.2) is 0 Å². The first-order valence-electron chi connectivity index (χ1n) is 13.6. The second-order valence-corrected chi connectivity index (χ2v) is 11.5. The minimum atomic E-state index is 0. The summed E-state index contributed by atoms with van der Waals surface area (Å²) in [5.41, 5.74) is 10.9. The van der Waals surface area contributed by atoms with Gasteiger partial charge in [-0.15, -0.1) is 29.8 Å². The molecular formula is C36H32N3OPt-. The largest absolute Gasteiger partial charge is 0.507 e. The number of fused-ring (bicyclic) bond motifs is 1. The van der Waals surface area contributed by atoms with Gasteiger partial charge in [0.05, 0.1) is 16.6 Å². The zero-order valence-corrected chi connectivity index (χ0v) is 26.1. The van der Waals surface area contributed by atoms with Crippen LogP contribution in [0.5, 0.6) is 5.75 Å². The molecule has 0 bridgehead atoms. The van der Waals surface area contributed by atoms with E-state index in [-0.39, 0.29) is 32.2 Å². The number of para-hydroxylation sites is 2. The number of aromatic hydroxyl groups is 1. The van der Waals surface area contributed by atoms with Crippen LogP contribution in [0.3, 0.4) is 0 Å². The number of pyridine rings is 1. The monoisotopic (exact) mass is 717 g/mol. The topological polar surface area (TPSA) is 50.9 Å². The van der Waals surface area contributed by atoms with E-state index < -0.39 is 0 Å². The second kappa shape index (κ2) is 11.1. The van der Waals surface area contributed by atoms with Gasteiger partial charge in [-0.3, -0.25) is 9.55 Å². The molecule has 6 rings (SSSR count). The Hall–Kier alpha value is -4.01. The molecule has 0 saturated carbocycles. The fourth-order valence-corrected chi connectivity index (χ4v) is 5.32. The van der Waals surface area contributed by atoms with Crippen molar-refractivity contribution in [1.29, 1.82) is 0 Å². The van der Waals surface area contributed by atoms with Crippen LogP contribution in [-0.4, -0.2) is 19.6 Å². The van der Waals surface area contributed by atoms with E-state index in [2.05, 4.69) is 117 Å². The van der Waals surface area contributed by atoms with E-state index in [1.54, 1.807) is 6.07 Å². The van der Waals surface area contributed by atoms with Gasteiger partial charge in [0.1, 0.15) is 11.6 Å².